The highest BCUT2D eigenvalue weighted by Crippen LogP contribution is 2.33. The summed E-state index contributed by atoms with van der Waals surface area (Å²) in [5, 5.41) is 8.08. The Kier molecular flexibility index (Phi) is 3.64. The van der Waals surface area contributed by atoms with Gasteiger partial charge in [0.25, 0.3) is 0 Å². The van der Waals surface area contributed by atoms with Crippen LogP contribution in [-0.4, -0.2) is 15.8 Å². The highest BCUT2D eigenvalue weighted by Gasteiger charge is 2.23. The molecule has 1 unspecified atom stereocenters. The summed E-state index contributed by atoms with van der Waals surface area (Å²) in [4.78, 5) is 0. The van der Waals surface area contributed by atoms with Crippen LogP contribution in [0.1, 0.15) is 51.8 Å². The van der Waals surface area contributed by atoms with Gasteiger partial charge in [0.1, 0.15) is 0 Å². The van der Waals surface area contributed by atoms with Crippen molar-refractivity contribution in [3.63, 3.8) is 0 Å². The van der Waals surface area contributed by atoms with Crippen LogP contribution in [0.2, 0.25) is 0 Å². The Balaban J connectivity index is 1.74. The van der Waals surface area contributed by atoms with E-state index in [-0.39, 0.29) is 0 Å². The number of hydrogen-bond acceptors (Lipinski definition) is 2. The van der Waals surface area contributed by atoms with Gasteiger partial charge in [-0.05, 0) is 39.2 Å². The maximum Gasteiger partial charge on any atom is 0.0762 e. The summed E-state index contributed by atoms with van der Waals surface area (Å²) in [6.45, 7) is 7.48. The van der Waals surface area contributed by atoms with Crippen LogP contribution < -0.4 is 5.32 Å². The molecular weight excluding hydrogens is 198 g/mol. The molecule has 1 aliphatic rings. The van der Waals surface area contributed by atoms with E-state index in [1.807, 2.05) is 4.68 Å². The van der Waals surface area contributed by atoms with Gasteiger partial charge in [0.15, 0.2) is 0 Å². The van der Waals surface area contributed by atoms with Gasteiger partial charge in [-0.15, -0.1) is 0 Å². The molecule has 1 atom stereocenters. The molecule has 1 fully saturated rings. The minimum Gasteiger partial charge on any atom is -0.309 e. The molecule has 0 saturated heterocycles. The molecule has 90 valence electrons. The first-order chi connectivity index (χ1) is 7.65. The van der Waals surface area contributed by atoms with Gasteiger partial charge in [0.2, 0.25) is 0 Å². The molecule has 1 saturated carbocycles. The Morgan fingerprint density at radius 1 is 1.44 bits per heavy atom. The van der Waals surface area contributed by atoms with Crippen LogP contribution in [0.15, 0.2) is 12.3 Å². The normalized spacial score (nSPS) is 18.0. The molecule has 0 bridgehead atoms. The second-order valence-corrected chi connectivity index (χ2v) is 5.34. The van der Waals surface area contributed by atoms with E-state index in [9.17, 15) is 0 Å². The first-order valence-electron chi connectivity index (χ1n) is 6.42. The number of rotatable bonds is 6. The highest BCUT2D eigenvalue weighted by molar-refractivity contribution is 4.99. The minimum atomic E-state index is 0.456. The highest BCUT2D eigenvalue weighted by atomic mass is 15.3. The van der Waals surface area contributed by atoms with Gasteiger partial charge >= 0.3 is 0 Å². The van der Waals surface area contributed by atoms with E-state index in [1.54, 1.807) is 0 Å². The first kappa shape index (κ1) is 11.6. The van der Waals surface area contributed by atoms with E-state index in [2.05, 4.69) is 43.4 Å². The van der Waals surface area contributed by atoms with Gasteiger partial charge in [0.05, 0.1) is 5.69 Å². The van der Waals surface area contributed by atoms with Gasteiger partial charge < -0.3 is 5.32 Å². The smallest absolute Gasteiger partial charge is 0.0762 e. The number of hydrogen-bond donors (Lipinski definition) is 1. The third-order valence-corrected chi connectivity index (χ3v) is 3.21. The maximum atomic E-state index is 4.53. The summed E-state index contributed by atoms with van der Waals surface area (Å²) in [5.74, 6) is 0.996. The van der Waals surface area contributed by atoms with Crippen molar-refractivity contribution in [3.05, 3.63) is 18.0 Å². The van der Waals surface area contributed by atoms with Crippen LogP contribution in [-0.2, 0) is 6.54 Å². The van der Waals surface area contributed by atoms with E-state index >= 15 is 0 Å². The molecule has 3 heteroatoms. The fraction of sp³-hybridized carbons (Fsp3) is 0.769. The summed E-state index contributed by atoms with van der Waals surface area (Å²) in [6.07, 6.45) is 6.26. The van der Waals surface area contributed by atoms with Crippen LogP contribution in [0.5, 0.6) is 0 Å². The molecule has 1 aliphatic carbocycles. The maximum absolute atomic E-state index is 4.53. The standard InChI is InChI=1S/C13H23N3/c1-10(2)16-7-6-13(15-16)9-14-11(3)8-12-4-5-12/h6-7,10-12,14H,4-5,8-9H2,1-3H3. The Labute approximate surface area is 98.2 Å². The van der Waals surface area contributed by atoms with Gasteiger partial charge in [-0.2, -0.15) is 5.10 Å². The Morgan fingerprint density at radius 2 is 2.19 bits per heavy atom. The van der Waals surface area contributed by atoms with Crippen LogP contribution in [0.25, 0.3) is 0 Å². The van der Waals surface area contributed by atoms with Crippen molar-refractivity contribution in [2.45, 2.75) is 58.7 Å². The molecule has 0 spiro atoms. The van der Waals surface area contributed by atoms with Crippen LogP contribution >= 0.6 is 0 Å². The Hall–Kier alpha value is -0.830. The van der Waals surface area contributed by atoms with Crippen molar-refractivity contribution in [1.82, 2.24) is 15.1 Å². The summed E-state index contributed by atoms with van der Waals surface area (Å²) < 4.78 is 2.02. The minimum absolute atomic E-state index is 0.456. The topological polar surface area (TPSA) is 29.9 Å². The Morgan fingerprint density at radius 3 is 2.75 bits per heavy atom. The SMILES string of the molecule is CC(CC1CC1)NCc1ccn(C(C)C)n1. The molecule has 16 heavy (non-hydrogen) atoms. The van der Waals surface area contributed by atoms with Gasteiger partial charge in [-0.3, -0.25) is 4.68 Å². The monoisotopic (exact) mass is 221 g/mol. The van der Waals surface area contributed by atoms with Crippen molar-refractivity contribution in [3.8, 4) is 0 Å². The van der Waals surface area contributed by atoms with Crippen molar-refractivity contribution in [2.24, 2.45) is 5.92 Å². The Bertz CT molecular complexity index is 326. The number of nitrogens with zero attached hydrogens (tertiary/aromatic N) is 2. The predicted molar refractivity (Wildman–Crippen MR) is 66.3 cm³/mol. The van der Waals surface area contributed by atoms with Crippen molar-refractivity contribution < 1.29 is 0 Å². The molecule has 0 radical (unpaired) electrons. The average Bonchev–Trinajstić information content (AvgIpc) is 2.91. The predicted octanol–water partition coefficient (Wildman–Crippen LogP) is 2.74. The van der Waals surface area contributed by atoms with Gasteiger partial charge in [-0.1, -0.05) is 12.8 Å². The third kappa shape index (κ3) is 3.34. The fourth-order valence-corrected chi connectivity index (χ4v) is 1.97. The molecule has 1 aromatic rings. The van der Waals surface area contributed by atoms with E-state index in [1.165, 1.54) is 19.3 Å². The third-order valence-electron chi connectivity index (χ3n) is 3.21. The fourth-order valence-electron chi connectivity index (χ4n) is 1.97. The lowest BCUT2D eigenvalue weighted by molar-refractivity contribution is 0.474. The largest absolute Gasteiger partial charge is 0.309 e. The zero-order chi connectivity index (χ0) is 11.5. The van der Waals surface area contributed by atoms with Crippen LogP contribution in [0, 0.1) is 5.92 Å². The molecule has 0 aromatic carbocycles. The second-order valence-electron chi connectivity index (χ2n) is 5.34. The summed E-state index contributed by atoms with van der Waals surface area (Å²) in [7, 11) is 0. The average molecular weight is 221 g/mol. The van der Waals surface area contributed by atoms with Crippen molar-refractivity contribution >= 4 is 0 Å². The summed E-state index contributed by atoms with van der Waals surface area (Å²) in [6, 6.07) is 3.19. The molecule has 2 rings (SSSR count). The molecule has 1 N–H and O–H groups in total. The molecule has 0 aliphatic heterocycles. The lowest BCUT2D eigenvalue weighted by Gasteiger charge is -2.11. The lowest BCUT2D eigenvalue weighted by Crippen LogP contribution is -2.26. The van der Waals surface area contributed by atoms with E-state index in [4.69, 9.17) is 0 Å². The lowest BCUT2D eigenvalue weighted by atomic mass is 10.1. The van der Waals surface area contributed by atoms with Gasteiger partial charge in [0, 0.05) is 24.8 Å². The summed E-state index contributed by atoms with van der Waals surface area (Å²) >= 11 is 0. The summed E-state index contributed by atoms with van der Waals surface area (Å²) in [5.41, 5.74) is 1.15. The van der Waals surface area contributed by atoms with Gasteiger partial charge in [-0.25, -0.2) is 0 Å². The number of aromatic nitrogens is 2. The number of nitrogens with one attached hydrogen (secondary N) is 1. The van der Waals surface area contributed by atoms with Crippen molar-refractivity contribution in [2.75, 3.05) is 0 Å². The molecule has 3 nitrogen and oxygen atoms in total. The van der Waals surface area contributed by atoms with Crippen molar-refractivity contribution in [1.29, 1.82) is 0 Å². The first-order valence-corrected chi connectivity index (χ1v) is 6.42. The molecular formula is C13H23N3. The zero-order valence-electron chi connectivity index (χ0n) is 10.6. The zero-order valence-corrected chi connectivity index (χ0v) is 10.6. The molecule has 0 amide bonds. The molecule has 1 heterocycles. The van der Waals surface area contributed by atoms with Crippen LogP contribution in [0.4, 0.5) is 0 Å². The van der Waals surface area contributed by atoms with E-state index in [0.717, 1.165) is 18.2 Å². The van der Waals surface area contributed by atoms with Crippen LogP contribution in [0.3, 0.4) is 0 Å². The van der Waals surface area contributed by atoms with E-state index in [0.29, 0.717) is 12.1 Å². The quantitative estimate of drug-likeness (QED) is 0.800. The van der Waals surface area contributed by atoms with E-state index < -0.39 is 0 Å². The molecule has 1 aromatic heterocycles. The second kappa shape index (κ2) is 5.00.